The van der Waals surface area contributed by atoms with Crippen molar-refractivity contribution in [1.82, 2.24) is 24.9 Å². The van der Waals surface area contributed by atoms with Crippen molar-refractivity contribution < 1.29 is 44.4 Å². The highest BCUT2D eigenvalue weighted by Gasteiger charge is 2.46. The fourth-order valence-corrected chi connectivity index (χ4v) is 3.74. The van der Waals surface area contributed by atoms with Gasteiger partial charge in [0.1, 0.15) is 0 Å². The number of carboxylic acids is 4. The van der Waals surface area contributed by atoms with Crippen LogP contribution in [0.5, 0.6) is 0 Å². The largest absolute Gasteiger partial charge is 0.480 e. The molecule has 1 aliphatic rings. The first-order valence-corrected chi connectivity index (χ1v) is 11.0. The molecular formula is C20H35N5O9. The summed E-state index contributed by atoms with van der Waals surface area (Å²) < 4.78 is 0. The number of aliphatic carboxylic acids is 4. The highest BCUT2D eigenvalue weighted by molar-refractivity contribution is 6.06. The van der Waals surface area contributed by atoms with Crippen molar-refractivity contribution in [3.8, 4) is 0 Å². The Morgan fingerprint density at radius 2 is 1.00 bits per heavy atom. The van der Waals surface area contributed by atoms with Gasteiger partial charge < -0.3 is 25.7 Å². The Labute approximate surface area is 197 Å². The number of nitrogens with zero attached hydrogens (tertiary/aromatic N) is 4. The van der Waals surface area contributed by atoms with Crippen LogP contribution in [0.3, 0.4) is 0 Å². The number of nitrogens with one attached hydrogen (secondary N) is 1. The van der Waals surface area contributed by atoms with E-state index in [1.54, 1.807) is 21.6 Å². The zero-order valence-electron chi connectivity index (χ0n) is 19.6. The summed E-state index contributed by atoms with van der Waals surface area (Å²) in [6.45, 7) is 3.23. The van der Waals surface area contributed by atoms with Gasteiger partial charge in [-0.05, 0) is 13.8 Å². The lowest BCUT2D eigenvalue weighted by molar-refractivity contribution is -0.158. The molecule has 0 bridgehead atoms. The summed E-state index contributed by atoms with van der Waals surface area (Å²) in [5.41, 5.74) is -1.96. The molecule has 1 fully saturated rings. The number of rotatable bonds is 10. The van der Waals surface area contributed by atoms with Crippen LogP contribution < -0.4 is 5.32 Å². The molecule has 1 amide bonds. The van der Waals surface area contributed by atoms with Gasteiger partial charge in [0.2, 0.25) is 0 Å². The van der Waals surface area contributed by atoms with E-state index in [4.69, 9.17) is 0 Å². The lowest BCUT2D eigenvalue weighted by atomic mass is 9.98. The van der Waals surface area contributed by atoms with Crippen LogP contribution in [0.2, 0.25) is 0 Å². The fourth-order valence-electron chi connectivity index (χ4n) is 3.74. The first kappa shape index (κ1) is 29.2. The van der Waals surface area contributed by atoms with E-state index in [2.05, 4.69) is 5.32 Å². The molecule has 0 aromatic rings. The minimum Gasteiger partial charge on any atom is -0.480 e. The Morgan fingerprint density at radius 1 is 0.676 bits per heavy atom. The smallest absolute Gasteiger partial charge is 0.333 e. The Morgan fingerprint density at radius 3 is 1.26 bits per heavy atom. The predicted molar refractivity (Wildman–Crippen MR) is 119 cm³/mol. The van der Waals surface area contributed by atoms with Crippen molar-refractivity contribution in [2.45, 2.75) is 19.4 Å². The summed E-state index contributed by atoms with van der Waals surface area (Å²) in [6, 6.07) is 0. The summed E-state index contributed by atoms with van der Waals surface area (Å²) in [7, 11) is 0. The molecule has 5 N–H and O–H groups in total. The Hall–Kier alpha value is -2.81. The third-order valence-corrected chi connectivity index (χ3v) is 5.74. The van der Waals surface area contributed by atoms with E-state index in [0.717, 1.165) is 0 Å². The second kappa shape index (κ2) is 13.8. The van der Waals surface area contributed by atoms with Crippen molar-refractivity contribution in [1.29, 1.82) is 0 Å². The minimum atomic E-state index is -1.96. The van der Waals surface area contributed by atoms with Crippen LogP contribution in [-0.4, -0.2) is 154 Å². The van der Waals surface area contributed by atoms with Gasteiger partial charge in [0.25, 0.3) is 5.91 Å². The van der Waals surface area contributed by atoms with Gasteiger partial charge in [-0.2, -0.15) is 0 Å². The predicted octanol–water partition coefficient (Wildman–Crippen LogP) is -2.56. The first-order valence-electron chi connectivity index (χ1n) is 11.0. The summed E-state index contributed by atoms with van der Waals surface area (Å²) in [4.78, 5) is 65.0. The molecule has 0 spiro atoms. The SMILES string of the molecule is CCNC(=O)C(C)(C(=O)O)N1CCN(CC(=O)O)CCN(CC(=O)O)CCN(CC(=O)O)CC1. The van der Waals surface area contributed by atoms with Crippen LogP contribution in [-0.2, 0) is 24.0 Å². The van der Waals surface area contributed by atoms with Crippen LogP contribution in [0.4, 0.5) is 0 Å². The number of likely N-dealkylation sites (N-methyl/N-ethyl adjacent to an activating group) is 1. The highest BCUT2D eigenvalue weighted by atomic mass is 16.4. The number of hydrogen-bond acceptors (Lipinski definition) is 9. The summed E-state index contributed by atoms with van der Waals surface area (Å²) >= 11 is 0. The van der Waals surface area contributed by atoms with Gasteiger partial charge in [0.05, 0.1) is 19.6 Å². The molecule has 0 radical (unpaired) electrons. The van der Waals surface area contributed by atoms with Gasteiger partial charge in [-0.15, -0.1) is 0 Å². The molecule has 1 aliphatic heterocycles. The van der Waals surface area contributed by atoms with Crippen LogP contribution in [0, 0.1) is 0 Å². The molecule has 0 aliphatic carbocycles. The normalized spacial score (nSPS) is 19.8. The number of amides is 1. The molecule has 0 aromatic heterocycles. The highest BCUT2D eigenvalue weighted by Crippen LogP contribution is 2.17. The molecule has 1 saturated heterocycles. The molecule has 14 nitrogen and oxygen atoms in total. The summed E-state index contributed by atoms with van der Waals surface area (Å²) in [5.74, 6) is -5.36. The van der Waals surface area contributed by atoms with Crippen LogP contribution in [0.1, 0.15) is 13.8 Å². The van der Waals surface area contributed by atoms with Gasteiger partial charge >= 0.3 is 23.9 Å². The molecule has 1 unspecified atom stereocenters. The molecule has 14 heteroatoms. The van der Waals surface area contributed by atoms with Crippen molar-refractivity contribution in [3.05, 3.63) is 0 Å². The number of carbonyl (C=O) groups is 5. The Kier molecular flexibility index (Phi) is 11.9. The molecule has 0 saturated carbocycles. The van der Waals surface area contributed by atoms with Crippen LogP contribution in [0.15, 0.2) is 0 Å². The third-order valence-electron chi connectivity index (χ3n) is 5.74. The number of carbonyl (C=O) groups excluding carboxylic acids is 1. The molecule has 1 heterocycles. The lowest BCUT2D eigenvalue weighted by Crippen LogP contribution is -2.64. The molecule has 1 rings (SSSR count). The van der Waals surface area contributed by atoms with Gasteiger partial charge in [-0.25, -0.2) is 4.79 Å². The van der Waals surface area contributed by atoms with E-state index in [0.29, 0.717) is 0 Å². The van der Waals surface area contributed by atoms with E-state index in [1.165, 1.54) is 11.8 Å². The molecule has 34 heavy (non-hydrogen) atoms. The third kappa shape index (κ3) is 9.21. The monoisotopic (exact) mass is 489 g/mol. The van der Waals surface area contributed by atoms with Crippen LogP contribution in [0.25, 0.3) is 0 Å². The van der Waals surface area contributed by atoms with E-state index in [9.17, 15) is 44.4 Å². The van der Waals surface area contributed by atoms with E-state index in [-0.39, 0.29) is 78.5 Å². The first-order chi connectivity index (χ1) is 15.9. The van der Waals surface area contributed by atoms with E-state index >= 15 is 0 Å². The lowest BCUT2D eigenvalue weighted by Gasteiger charge is -2.39. The zero-order valence-corrected chi connectivity index (χ0v) is 19.6. The quantitative estimate of drug-likeness (QED) is 0.202. The van der Waals surface area contributed by atoms with Gasteiger partial charge in [-0.3, -0.25) is 38.8 Å². The molecule has 194 valence electrons. The van der Waals surface area contributed by atoms with Gasteiger partial charge in [0.15, 0.2) is 5.54 Å². The van der Waals surface area contributed by atoms with Crippen molar-refractivity contribution in [3.63, 3.8) is 0 Å². The van der Waals surface area contributed by atoms with Gasteiger partial charge in [0, 0.05) is 58.9 Å². The minimum absolute atomic E-state index is 0.0209. The average Bonchev–Trinajstić information content (AvgIpc) is 2.72. The Balaban J connectivity index is 3.27. The summed E-state index contributed by atoms with van der Waals surface area (Å²) in [5, 5.41) is 40.2. The van der Waals surface area contributed by atoms with Gasteiger partial charge in [-0.1, -0.05) is 0 Å². The van der Waals surface area contributed by atoms with Crippen molar-refractivity contribution >= 4 is 29.8 Å². The average molecular weight is 490 g/mol. The number of hydrogen-bond donors (Lipinski definition) is 5. The Bertz CT molecular complexity index is 718. The maximum atomic E-state index is 12.7. The molecule has 0 aromatic carbocycles. The van der Waals surface area contributed by atoms with Crippen molar-refractivity contribution in [2.24, 2.45) is 0 Å². The van der Waals surface area contributed by atoms with E-state index < -0.39 is 35.3 Å². The fraction of sp³-hybridized carbons (Fsp3) is 0.750. The molecular weight excluding hydrogens is 454 g/mol. The maximum absolute atomic E-state index is 12.7. The van der Waals surface area contributed by atoms with Crippen molar-refractivity contribution in [2.75, 3.05) is 78.5 Å². The van der Waals surface area contributed by atoms with E-state index in [1.807, 2.05) is 0 Å². The second-order valence-electron chi connectivity index (χ2n) is 8.23. The maximum Gasteiger partial charge on any atom is 0.333 e. The topological polar surface area (TPSA) is 191 Å². The molecule has 1 atom stereocenters. The van der Waals surface area contributed by atoms with Crippen LogP contribution >= 0.6 is 0 Å². The summed E-state index contributed by atoms with van der Waals surface area (Å²) in [6.07, 6.45) is 0. The standard InChI is InChI=1S/C20H35N5O9/c1-3-21-18(32)20(2,19(33)34)25-10-8-23(13-16(28)29)6-4-22(12-15(26)27)5-7-24(9-11-25)14-17(30)31/h3-14H2,1-2H3,(H,21,32)(H,26,27)(H,28,29)(H,30,31)(H,33,34). The number of carboxylic acid groups (broad SMARTS) is 4. The zero-order chi connectivity index (χ0) is 25.9. The second-order valence-corrected chi connectivity index (χ2v) is 8.23.